The number of aromatic nitrogens is 4. The number of alkyl halides is 3. The van der Waals surface area contributed by atoms with Gasteiger partial charge in [-0.25, -0.2) is 14.6 Å². The number of nitrogens with zero attached hydrogens (tertiary/aromatic N) is 6. The number of ether oxygens (including phenoxy) is 3. The fourth-order valence-corrected chi connectivity index (χ4v) is 7.75. The van der Waals surface area contributed by atoms with Gasteiger partial charge in [-0.1, -0.05) is 17.7 Å². The Kier molecular flexibility index (Phi) is 11.4. The Morgan fingerprint density at radius 2 is 1.94 bits per heavy atom. The number of amides is 1. The van der Waals surface area contributed by atoms with E-state index in [9.17, 15) is 18.0 Å². The molecule has 284 valence electrons. The minimum Gasteiger partial charge on any atom is -0.477 e. The molecule has 0 spiro atoms. The van der Waals surface area contributed by atoms with Crippen LogP contribution in [0, 0.1) is 11.3 Å². The van der Waals surface area contributed by atoms with Crippen LogP contribution in [0.5, 0.6) is 5.88 Å². The lowest BCUT2D eigenvalue weighted by Crippen LogP contribution is -2.36. The highest BCUT2D eigenvalue weighted by atomic mass is 35.5. The van der Waals surface area contributed by atoms with Crippen molar-refractivity contribution in [2.75, 3.05) is 44.8 Å². The largest absolute Gasteiger partial charge is 0.477 e. The Morgan fingerprint density at radius 3 is 2.60 bits per heavy atom. The van der Waals surface area contributed by atoms with Gasteiger partial charge < -0.3 is 24.0 Å². The van der Waals surface area contributed by atoms with E-state index < -0.39 is 23.3 Å². The van der Waals surface area contributed by atoms with Gasteiger partial charge in [0.15, 0.2) is 11.6 Å². The van der Waals surface area contributed by atoms with Crippen molar-refractivity contribution in [2.45, 2.75) is 94.9 Å². The van der Waals surface area contributed by atoms with Gasteiger partial charge in [-0.3, -0.25) is 9.52 Å². The first-order valence-electron chi connectivity index (χ1n) is 17.7. The fourth-order valence-electron chi connectivity index (χ4n) is 6.92. The summed E-state index contributed by atoms with van der Waals surface area (Å²) >= 11 is 7.51. The van der Waals surface area contributed by atoms with Crippen LogP contribution >= 0.6 is 23.5 Å². The second-order valence-electron chi connectivity index (χ2n) is 15.2. The second kappa shape index (κ2) is 15.3. The average molecular weight is 766 g/mol. The van der Waals surface area contributed by atoms with Gasteiger partial charge in [0.05, 0.1) is 24.2 Å². The van der Waals surface area contributed by atoms with Crippen LogP contribution in [0.15, 0.2) is 47.6 Å². The molecular formula is C36H47ClF3N7O4S. The van der Waals surface area contributed by atoms with Gasteiger partial charge in [-0.2, -0.15) is 13.2 Å². The monoisotopic (exact) mass is 765 g/mol. The predicted molar refractivity (Wildman–Crippen MR) is 193 cm³/mol. The number of hydrogen-bond donors (Lipinski definition) is 1. The number of carbonyl (C=O) groups is 1. The normalized spacial score (nSPS) is 22.0. The van der Waals surface area contributed by atoms with Gasteiger partial charge in [0.2, 0.25) is 5.88 Å². The highest BCUT2D eigenvalue weighted by Gasteiger charge is 2.62. The fraction of sp³-hybridized carbons (Fsp3) is 0.611. The number of hydrogen-bond acceptors (Lipinski definition) is 10. The number of nitrogens with one attached hydrogen (secondary N) is 1. The molecule has 6 rings (SSSR count). The maximum atomic E-state index is 13.2. The zero-order chi connectivity index (χ0) is 37.3. The molecule has 1 aliphatic carbocycles. The molecule has 2 atom stereocenters. The summed E-state index contributed by atoms with van der Waals surface area (Å²) in [6.07, 6.45) is 0.680. The lowest BCUT2D eigenvalue weighted by atomic mass is 9.93. The molecule has 0 radical (unpaired) electrons. The maximum absolute atomic E-state index is 13.2. The summed E-state index contributed by atoms with van der Waals surface area (Å²) in [5.41, 5.74) is -1.26. The quantitative estimate of drug-likeness (QED) is 0.125. The van der Waals surface area contributed by atoms with Gasteiger partial charge in [0, 0.05) is 49.4 Å². The molecule has 2 aliphatic heterocycles. The van der Waals surface area contributed by atoms with E-state index in [2.05, 4.69) is 45.5 Å². The van der Waals surface area contributed by atoms with Gasteiger partial charge in [-0.15, -0.1) is 5.10 Å². The van der Waals surface area contributed by atoms with Gasteiger partial charge in [0.1, 0.15) is 22.1 Å². The third-order valence-corrected chi connectivity index (χ3v) is 11.3. The highest BCUT2D eigenvalue weighted by Crippen LogP contribution is 2.59. The predicted octanol–water partition coefficient (Wildman–Crippen LogP) is 7.33. The summed E-state index contributed by atoms with van der Waals surface area (Å²) in [5.74, 6) is 0.840. The molecule has 52 heavy (non-hydrogen) atoms. The van der Waals surface area contributed by atoms with E-state index in [-0.39, 0.29) is 54.1 Å². The van der Waals surface area contributed by atoms with Crippen LogP contribution in [0.2, 0.25) is 5.15 Å². The van der Waals surface area contributed by atoms with Crippen molar-refractivity contribution in [1.82, 2.24) is 29.4 Å². The topological polar surface area (TPSA) is 107 Å². The van der Waals surface area contributed by atoms with Crippen molar-refractivity contribution in [3.05, 3.63) is 53.3 Å². The molecule has 5 heterocycles. The van der Waals surface area contributed by atoms with Gasteiger partial charge >= 0.3 is 6.18 Å². The van der Waals surface area contributed by atoms with Crippen LogP contribution in [0.4, 0.5) is 19.0 Å². The molecule has 2 unspecified atom stereocenters. The summed E-state index contributed by atoms with van der Waals surface area (Å²) in [6, 6.07) is 10.4. The molecule has 3 fully saturated rings. The third-order valence-electron chi connectivity index (χ3n) is 10.3. The van der Waals surface area contributed by atoms with Crippen molar-refractivity contribution in [2.24, 2.45) is 11.3 Å². The minimum atomic E-state index is -4.23. The molecule has 1 saturated carbocycles. The van der Waals surface area contributed by atoms with Crippen molar-refractivity contribution >= 4 is 35.3 Å². The Morgan fingerprint density at radius 1 is 1.15 bits per heavy atom. The van der Waals surface area contributed by atoms with Crippen LogP contribution in [0.1, 0.15) is 76.6 Å². The van der Waals surface area contributed by atoms with Crippen molar-refractivity contribution < 1.29 is 32.2 Å². The summed E-state index contributed by atoms with van der Waals surface area (Å²) in [5, 5.41) is 4.80. The van der Waals surface area contributed by atoms with Crippen LogP contribution in [0.3, 0.4) is 0 Å². The molecule has 0 aromatic carbocycles. The Bertz CT molecular complexity index is 1720. The van der Waals surface area contributed by atoms with Gasteiger partial charge in [0.25, 0.3) is 5.91 Å². The maximum Gasteiger partial charge on any atom is 0.394 e. The summed E-state index contributed by atoms with van der Waals surface area (Å²) in [4.78, 5) is 27.0. The molecule has 1 amide bonds. The summed E-state index contributed by atoms with van der Waals surface area (Å²) in [6.45, 7) is 11.4. The molecule has 3 aromatic heterocycles. The first kappa shape index (κ1) is 38.6. The van der Waals surface area contributed by atoms with Crippen LogP contribution < -0.4 is 14.4 Å². The van der Waals surface area contributed by atoms with E-state index in [4.69, 9.17) is 30.8 Å². The van der Waals surface area contributed by atoms with Crippen molar-refractivity contribution in [3.8, 4) is 11.7 Å². The number of halogens is 4. The average Bonchev–Trinajstić information content (AvgIpc) is 3.48. The summed E-state index contributed by atoms with van der Waals surface area (Å²) in [7, 11) is 2.20. The first-order chi connectivity index (χ1) is 24.5. The van der Waals surface area contributed by atoms with E-state index in [1.54, 1.807) is 12.3 Å². The molecule has 1 N–H and O–H groups in total. The van der Waals surface area contributed by atoms with Crippen LogP contribution in [-0.2, 0) is 9.47 Å². The molecule has 3 aliphatic rings. The van der Waals surface area contributed by atoms with Crippen LogP contribution in [-0.4, -0.2) is 94.1 Å². The Hall–Kier alpha value is -3.11. The van der Waals surface area contributed by atoms with E-state index in [0.29, 0.717) is 29.9 Å². The lowest BCUT2D eigenvalue weighted by Gasteiger charge is -2.27. The standard InChI is InChI=1S/C36H47ClF3N7O4S/c1-33(2)20-24(21-45(33)5)8-7-17-46(22-25-23-50-34(3,4)51-25)27-9-6-10-30(41-27)52-44-32(48)26-11-12-28(42-31(26)37)47-18-13-29(43-47)49-19-16-35(14-15-35)36(38,39)40/h6,9-13,18,24-25H,7-8,14-17,19-23H2,1-5H3,(H,44,48). The second-order valence-corrected chi connectivity index (χ2v) is 16.3. The SMILES string of the molecule is CN1CC(CCCN(CC2COC(C)(C)O2)c2cccc(SNC(=O)c3ccc(-n4ccc(OCCC5(C(F)(F)F)CC5)n4)nc3Cl)n2)CC1(C)C. The lowest BCUT2D eigenvalue weighted by molar-refractivity contribution is -0.190. The minimum absolute atomic E-state index is 0.0409. The molecule has 3 aromatic rings. The van der Waals surface area contributed by atoms with Crippen molar-refractivity contribution in [1.29, 1.82) is 0 Å². The first-order valence-corrected chi connectivity index (χ1v) is 18.9. The number of anilines is 1. The number of likely N-dealkylation sites (tertiary alicyclic amines) is 1. The molecule has 11 nitrogen and oxygen atoms in total. The highest BCUT2D eigenvalue weighted by molar-refractivity contribution is 7.97. The molecular weight excluding hydrogens is 719 g/mol. The number of carbonyl (C=O) groups excluding carboxylic acids is 1. The van der Waals surface area contributed by atoms with E-state index in [0.717, 1.165) is 43.7 Å². The van der Waals surface area contributed by atoms with Gasteiger partial charge in [-0.05, 0) is 103 Å². The smallest absolute Gasteiger partial charge is 0.394 e. The molecule has 0 bridgehead atoms. The van der Waals surface area contributed by atoms with Crippen LogP contribution in [0.25, 0.3) is 5.82 Å². The number of pyridine rings is 2. The zero-order valence-electron chi connectivity index (χ0n) is 30.2. The Balaban J connectivity index is 1.04. The molecule has 2 saturated heterocycles. The summed E-state index contributed by atoms with van der Waals surface area (Å²) < 4.78 is 61.3. The number of rotatable bonds is 15. The third kappa shape index (κ3) is 9.33. The Labute approximate surface area is 312 Å². The van der Waals surface area contributed by atoms with E-state index in [1.165, 1.54) is 23.2 Å². The molecule has 16 heteroatoms. The van der Waals surface area contributed by atoms with E-state index in [1.807, 2.05) is 32.0 Å². The van der Waals surface area contributed by atoms with E-state index >= 15 is 0 Å². The zero-order valence-corrected chi connectivity index (χ0v) is 31.8. The van der Waals surface area contributed by atoms with Crippen molar-refractivity contribution in [3.63, 3.8) is 0 Å².